The average Bonchev–Trinajstić information content (AvgIpc) is 3.15. The highest BCUT2D eigenvalue weighted by atomic mass is 32.2. The maximum Gasteiger partial charge on any atom is 0.325 e. The van der Waals surface area contributed by atoms with Crippen LogP contribution in [0.15, 0.2) is 84.9 Å². The maximum absolute atomic E-state index is 13.8. The van der Waals surface area contributed by atoms with Crippen molar-refractivity contribution in [3.05, 3.63) is 112 Å². The van der Waals surface area contributed by atoms with Gasteiger partial charge in [-0.15, -0.1) is 11.8 Å². The number of thioether (sulfide) groups is 1. The molecule has 3 aromatic rings. The van der Waals surface area contributed by atoms with E-state index in [4.69, 9.17) is 4.74 Å². The summed E-state index contributed by atoms with van der Waals surface area (Å²) < 4.78 is 5.56. The zero-order valence-corrected chi connectivity index (χ0v) is 28.1. The Bertz CT molecular complexity index is 1800. The van der Waals surface area contributed by atoms with Gasteiger partial charge in [-0.3, -0.25) is 39.0 Å². The molecule has 5 rings (SSSR count). The van der Waals surface area contributed by atoms with Crippen molar-refractivity contribution in [2.75, 3.05) is 26.4 Å². The molecule has 3 aromatic carbocycles. The number of nitrogens with one attached hydrogen (secondary N) is 2. The standard InChI is InChI=1S/C34H34N6O10S/c1-2-37-17-18-38(31(45)30(37)44)34(47)36-25(22-9-5-3-6-10-22)28(42)35-26-29(43)39(20-41)32(26)51-27(23-11-7-4-8-12-23)33(46)50-19-21-13-15-24(16-14-21)40(48)49/h3-16,25-27,32,41H,2,17-20H2,1H3,(H,35,42)(H,36,47)/t25-,26-,27?,32-/m1/s1. The number of hydrogen-bond donors (Lipinski definition) is 3. The van der Waals surface area contributed by atoms with Gasteiger partial charge in [0, 0.05) is 31.8 Å². The van der Waals surface area contributed by atoms with Crippen LogP contribution in [0.5, 0.6) is 0 Å². The number of likely N-dealkylation sites (tertiary alicyclic amines) is 1. The van der Waals surface area contributed by atoms with Gasteiger partial charge < -0.3 is 30.3 Å². The molecule has 0 aromatic heterocycles. The minimum absolute atomic E-state index is 0.0835. The Morgan fingerprint density at radius 1 is 0.941 bits per heavy atom. The van der Waals surface area contributed by atoms with Crippen molar-refractivity contribution in [3.63, 3.8) is 0 Å². The van der Waals surface area contributed by atoms with Crippen molar-refractivity contribution >= 4 is 53.1 Å². The molecule has 2 saturated heterocycles. The number of rotatable bonds is 13. The highest BCUT2D eigenvalue weighted by Crippen LogP contribution is 2.41. The summed E-state index contributed by atoms with van der Waals surface area (Å²) in [4.78, 5) is 92.4. The molecule has 3 N–H and O–H groups in total. The fourth-order valence-electron chi connectivity index (χ4n) is 5.49. The second-order valence-corrected chi connectivity index (χ2v) is 12.6. The first kappa shape index (κ1) is 36.5. The van der Waals surface area contributed by atoms with E-state index in [1.165, 1.54) is 29.2 Å². The zero-order chi connectivity index (χ0) is 36.7. The second-order valence-electron chi connectivity index (χ2n) is 11.4. The van der Waals surface area contributed by atoms with E-state index >= 15 is 0 Å². The zero-order valence-electron chi connectivity index (χ0n) is 27.2. The number of benzene rings is 3. The van der Waals surface area contributed by atoms with Crippen LogP contribution >= 0.6 is 11.8 Å². The van der Waals surface area contributed by atoms with Crippen molar-refractivity contribution < 1.29 is 43.5 Å². The molecule has 16 nitrogen and oxygen atoms in total. The van der Waals surface area contributed by atoms with Crippen LogP contribution in [0.4, 0.5) is 10.5 Å². The van der Waals surface area contributed by atoms with Crippen LogP contribution < -0.4 is 10.6 Å². The van der Waals surface area contributed by atoms with Gasteiger partial charge in [0.25, 0.3) is 11.6 Å². The van der Waals surface area contributed by atoms with Crippen LogP contribution in [-0.2, 0) is 35.3 Å². The summed E-state index contributed by atoms with van der Waals surface area (Å²) in [5.41, 5.74) is 1.21. The van der Waals surface area contributed by atoms with E-state index in [1.54, 1.807) is 67.6 Å². The van der Waals surface area contributed by atoms with Gasteiger partial charge in [0.05, 0.1) is 4.92 Å². The van der Waals surface area contributed by atoms with E-state index in [1.807, 2.05) is 0 Å². The number of aliphatic hydroxyl groups excluding tert-OH is 1. The van der Waals surface area contributed by atoms with Gasteiger partial charge in [-0.2, -0.15) is 0 Å². The van der Waals surface area contributed by atoms with E-state index in [0.717, 1.165) is 21.6 Å². The van der Waals surface area contributed by atoms with Crippen LogP contribution in [0, 0.1) is 10.1 Å². The van der Waals surface area contributed by atoms with Gasteiger partial charge in [-0.05, 0) is 35.7 Å². The van der Waals surface area contributed by atoms with E-state index in [-0.39, 0.29) is 31.9 Å². The average molecular weight is 719 g/mol. The Labute approximate surface area is 295 Å². The summed E-state index contributed by atoms with van der Waals surface area (Å²) in [5, 5.41) is 24.2. The molecule has 17 heteroatoms. The molecule has 0 radical (unpaired) electrons. The summed E-state index contributed by atoms with van der Waals surface area (Å²) >= 11 is 0.952. The van der Waals surface area contributed by atoms with E-state index < -0.39 is 70.0 Å². The number of nitro benzene ring substituents is 1. The minimum atomic E-state index is -1.40. The normalized spacial score (nSPS) is 18.4. The number of amides is 6. The first-order valence-electron chi connectivity index (χ1n) is 15.8. The summed E-state index contributed by atoms with van der Waals surface area (Å²) in [6.45, 7) is 1.11. The van der Waals surface area contributed by atoms with Gasteiger partial charge in [0.15, 0.2) is 0 Å². The summed E-state index contributed by atoms with van der Waals surface area (Å²) in [6.07, 6.45) is 0. The molecule has 51 heavy (non-hydrogen) atoms. The van der Waals surface area contributed by atoms with Gasteiger partial charge in [-0.25, -0.2) is 4.79 Å². The lowest BCUT2D eigenvalue weighted by Crippen LogP contribution is -2.70. The number of nitro groups is 1. The summed E-state index contributed by atoms with van der Waals surface area (Å²) in [7, 11) is 0. The minimum Gasteiger partial charge on any atom is -0.460 e. The largest absolute Gasteiger partial charge is 0.460 e. The van der Waals surface area contributed by atoms with E-state index in [0.29, 0.717) is 16.7 Å². The number of β-lactam (4-membered cyclic amide) rings is 1. The van der Waals surface area contributed by atoms with E-state index in [9.17, 15) is 44.0 Å². The number of hydrogen-bond acceptors (Lipinski definition) is 11. The molecule has 0 aliphatic carbocycles. The van der Waals surface area contributed by atoms with Crippen molar-refractivity contribution in [1.29, 1.82) is 0 Å². The number of nitrogens with zero attached hydrogens (tertiary/aromatic N) is 4. The Kier molecular flexibility index (Phi) is 11.6. The first-order valence-corrected chi connectivity index (χ1v) is 16.8. The SMILES string of the molecule is CCN1CCN(C(=O)N[C@@H](C(=O)N[C@@H]2C(=O)N(CO)[C@@H]2SC(C(=O)OCc2ccc([N+](=O)[O-])cc2)c2ccccc2)c2ccccc2)C(=O)C1=O. The Hall–Kier alpha value is -5.81. The highest BCUT2D eigenvalue weighted by molar-refractivity contribution is 8.01. The van der Waals surface area contributed by atoms with Crippen LogP contribution in [0.1, 0.15) is 34.9 Å². The van der Waals surface area contributed by atoms with Gasteiger partial charge in [0.2, 0.25) is 5.91 Å². The molecule has 2 fully saturated rings. The fraction of sp³-hybridized carbons (Fsp3) is 0.294. The molecule has 6 amide bonds. The van der Waals surface area contributed by atoms with Crippen LogP contribution in [-0.4, -0.2) is 98.1 Å². The lowest BCUT2D eigenvalue weighted by atomic mass is 10.0. The molecule has 0 saturated carbocycles. The van der Waals surface area contributed by atoms with Gasteiger partial charge in [0.1, 0.15) is 36.0 Å². The maximum atomic E-state index is 13.8. The van der Waals surface area contributed by atoms with Crippen molar-refractivity contribution in [1.82, 2.24) is 25.3 Å². The number of carbonyl (C=O) groups is 6. The first-order chi connectivity index (χ1) is 24.5. The molecule has 0 spiro atoms. The monoisotopic (exact) mass is 718 g/mol. The number of esters is 1. The van der Waals surface area contributed by atoms with Crippen LogP contribution in [0.3, 0.4) is 0 Å². The van der Waals surface area contributed by atoms with Crippen LogP contribution in [0.25, 0.3) is 0 Å². The number of non-ortho nitro benzene ring substituents is 1. The smallest absolute Gasteiger partial charge is 0.325 e. The molecule has 1 unspecified atom stereocenters. The lowest BCUT2D eigenvalue weighted by Gasteiger charge is -2.46. The third-order valence-electron chi connectivity index (χ3n) is 8.31. The molecule has 2 aliphatic heterocycles. The Balaban J connectivity index is 1.33. The second kappa shape index (κ2) is 16.3. The third-order valence-corrected chi connectivity index (χ3v) is 9.85. The molecule has 2 heterocycles. The predicted molar refractivity (Wildman–Crippen MR) is 181 cm³/mol. The number of ether oxygens (including phenoxy) is 1. The Morgan fingerprint density at radius 2 is 1.57 bits per heavy atom. The molecule has 266 valence electrons. The molecular weight excluding hydrogens is 684 g/mol. The van der Waals surface area contributed by atoms with Gasteiger partial charge in [-0.1, -0.05) is 60.7 Å². The predicted octanol–water partition coefficient (Wildman–Crippen LogP) is 1.86. The van der Waals surface area contributed by atoms with Crippen molar-refractivity contribution in [3.8, 4) is 0 Å². The molecule has 2 aliphatic rings. The Morgan fingerprint density at radius 3 is 2.16 bits per heavy atom. The quantitative estimate of drug-likeness (QED) is 0.0764. The molecule has 0 bridgehead atoms. The topological polar surface area (TPSA) is 209 Å². The van der Waals surface area contributed by atoms with Crippen LogP contribution in [0.2, 0.25) is 0 Å². The highest BCUT2D eigenvalue weighted by Gasteiger charge is 2.51. The fourth-order valence-corrected chi connectivity index (χ4v) is 6.93. The number of imide groups is 1. The lowest BCUT2D eigenvalue weighted by molar-refractivity contribution is -0.384. The molecular formula is C34H34N6O10S. The third kappa shape index (κ3) is 8.16. The van der Waals surface area contributed by atoms with E-state index in [2.05, 4.69) is 10.6 Å². The number of carbonyl (C=O) groups excluding carboxylic acids is 6. The molecule has 4 atom stereocenters. The van der Waals surface area contributed by atoms with Crippen molar-refractivity contribution in [2.45, 2.75) is 36.2 Å². The number of urea groups is 1. The van der Waals surface area contributed by atoms with Crippen molar-refractivity contribution in [2.24, 2.45) is 0 Å². The summed E-state index contributed by atoms with van der Waals surface area (Å²) in [5.74, 6) is -4.06. The number of piperazine rings is 1. The number of likely N-dealkylation sites (N-methyl/N-ethyl adjacent to an activating group) is 1. The van der Waals surface area contributed by atoms with Gasteiger partial charge >= 0.3 is 23.8 Å². The number of aliphatic hydroxyl groups is 1. The summed E-state index contributed by atoms with van der Waals surface area (Å²) in [6, 6.07) is 18.4.